The second-order valence-corrected chi connectivity index (χ2v) is 9.43. The van der Waals surface area contributed by atoms with Crippen LogP contribution >= 0.6 is 11.6 Å². The lowest BCUT2D eigenvalue weighted by atomic mass is 10.1. The van der Waals surface area contributed by atoms with E-state index in [-0.39, 0.29) is 5.92 Å². The van der Waals surface area contributed by atoms with E-state index in [1.54, 1.807) is 0 Å². The van der Waals surface area contributed by atoms with Gasteiger partial charge >= 0.3 is 0 Å². The van der Waals surface area contributed by atoms with Crippen LogP contribution in [0.15, 0.2) is 54.6 Å². The fraction of sp³-hybridized carbons (Fsp3) is 0.385. The number of carbonyl (C=O) groups excluding carboxylic acids is 1. The molecule has 0 radical (unpaired) electrons. The fourth-order valence-electron chi connectivity index (χ4n) is 4.86. The lowest BCUT2D eigenvalue weighted by molar-refractivity contribution is -0.134. The zero-order valence-electron chi connectivity index (χ0n) is 18.7. The van der Waals surface area contributed by atoms with Crippen LogP contribution in [-0.4, -0.2) is 51.7 Å². The molecule has 6 heteroatoms. The van der Waals surface area contributed by atoms with Gasteiger partial charge in [-0.15, -0.1) is 0 Å². The van der Waals surface area contributed by atoms with Crippen LogP contribution in [0.5, 0.6) is 0 Å². The lowest BCUT2D eigenvalue weighted by Gasteiger charge is -2.35. The number of para-hydroxylation sites is 1. The Morgan fingerprint density at radius 2 is 1.69 bits per heavy atom. The molecule has 32 heavy (non-hydrogen) atoms. The second-order valence-electron chi connectivity index (χ2n) is 9.00. The van der Waals surface area contributed by atoms with Crippen molar-refractivity contribution in [2.75, 3.05) is 26.2 Å². The highest BCUT2D eigenvalue weighted by atomic mass is 35.5. The number of hydrogen-bond donors (Lipinski definition) is 0. The number of benzene rings is 2. The number of aromatic nitrogens is 2. The Labute approximate surface area is 194 Å². The number of halogens is 1. The van der Waals surface area contributed by atoms with Gasteiger partial charge in [0.05, 0.1) is 11.4 Å². The maximum absolute atomic E-state index is 13.0. The summed E-state index contributed by atoms with van der Waals surface area (Å²) in [5.74, 6) is 0.803. The highest BCUT2D eigenvalue weighted by molar-refractivity contribution is 6.30. The first-order chi connectivity index (χ1) is 15.5. The van der Waals surface area contributed by atoms with Crippen molar-refractivity contribution in [2.24, 2.45) is 5.92 Å². The monoisotopic (exact) mass is 448 g/mol. The third-order valence-electron chi connectivity index (χ3n) is 6.91. The van der Waals surface area contributed by atoms with Crippen LogP contribution in [0.4, 0.5) is 0 Å². The molecule has 2 unspecified atom stereocenters. The number of piperazine rings is 1. The molecule has 1 aromatic heterocycles. The van der Waals surface area contributed by atoms with Crippen LogP contribution in [0.25, 0.3) is 5.69 Å². The molecule has 0 bridgehead atoms. The zero-order valence-corrected chi connectivity index (χ0v) is 19.4. The summed E-state index contributed by atoms with van der Waals surface area (Å²) >= 11 is 6.00. The Bertz CT molecular complexity index is 1100. The second kappa shape index (κ2) is 8.72. The van der Waals surface area contributed by atoms with E-state index >= 15 is 0 Å². The van der Waals surface area contributed by atoms with Crippen LogP contribution in [0.1, 0.15) is 34.9 Å². The molecule has 2 atom stereocenters. The molecule has 1 saturated carbocycles. The first kappa shape index (κ1) is 21.2. The normalized spacial score (nSPS) is 21.0. The van der Waals surface area contributed by atoms with Crippen LogP contribution in [-0.2, 0) is 11.3 Å². The summed E-state index contributed by atoms with van der Waals surface area (Å²) in [4.78, 5) is 17.5. The predicted octanol–water partition coefficient (Wildman–Crippen LogP) is 4.59. The van der Waals surface area contributed by atoms with Crippen LogP contribution in [0, 0.1) is 19.8 Å². The van der Waals surface area contributed by atoms with Gasteiger partial charge in [0, 0.05) is 54.9 Å². The quantitative estimate of drug-likeness (QED) is 0.573. The van der Waals surface area contributed by atoms with Crippen molar-refractivity contribution in [1.82, 2.24) is 19.6 Å². The van der Waals surface area contributed by atoms with Crippen molar-refractivity contribution in [3.05, 3.63) is 82.1 Å². The van der Waals surface area contributed by atoms with Crippen molar-refractivity contribution in [3.8, 4) is 5.69 Å². The summed E-state index contributed by atoms with van der Waals surface area (Å²) in [6.07, 6.45) is 0.956. The van der Waals surface area contributed by atoms with Gasteiger partial charge in [0.1, 0.15) is 0 Å². The highest BCUT2D eigenvalue weighted by Gasteiger charge is 2.46. The highest BCUT2D eigenvalue weighted by Crippen LogP contribution is 2.48. The predicted molar refractivity (Wildman–Crippen MR) is 127 cm³/mol. The Balaban J connectivity index is 1.18. The van der Waals surface area contributed by atoms with Crippen molar-refractivity contribution in [2.45, 2.75) is 32.7 Å². The number of carbonyl (C=O) groups is 1. The van der Waals surface area contributed by atoms with Gasteiger partial charge in [0.25, 0.3) is 0 Å². The fourth-order valence-corrected chi connectivity index (χ4v) is 4.98. The number of aryl methyl sites for hydroxylation is 1. The largest absolute Gasteiger partial charge is 0.340 e. The molecular weight excluding hydrogens is 420 g/mol. The van der Waals surface area contributed by atoms with E-state index < -0.39 is 0 Å². The van der Waals surface area contributed by atoms with Gasteiger partial charge in [0.15, 0.2) is 0 Å². The van der Waals surface area contributed by atoms with Crippen LogP contribution < -0.4 is 0 Å². The molecule has 2 aromatic carbocycles. The molecule has 2 fully saturated rings. The van der Waals surface area contributed by atoms with E-state index in [9.17, 15) is 4.79 Å². The smallest absolute Gasteiger partial charge is 0.226 e. The van der Waals surface area contributed by atoms with Crippen LogP contribution in [0.3, 0.4) is 0 Å². The Hall–Kier alpha value is -2.63. The molecular formula is C26H29ClN4O. The molecule has 2 heterocycles. The summed E-state index contributed by atoms with van der Waals surface area (Å²) in [5.41, 5.74) is 5.88. The van der Waals surface area contributed by atoms with Crippen molar-refractivity contribution in [1.29, 1.82) is 0 Å². The van der Waals surface area contributed by atoms with Gasteiger partial charge in [-0.1, -0.05) is 41.9 Å². The van der Waals surface area contributed by atoms with E-state index in [1.807, 2.05) is 35.0 Å². The Kier molecular flexibility index (Phi) is 5.78. The number of rotatable bonds is 5. The molecule has 1 aliphatic carbocycles. The zero-order chi connectivity index (χ0) is 22.2. The minimum atomic E-state index is 0.135. The first-order valence-corrected chi connectivity index (χ1v) is 11.8. The SMILES string of the molecule is Cc1nn(-c2ccccc2)c(C)c1CN1CCN(C(=O)C2CC2c2ccc(Cl)cc2)CC1. The minimum Gasteiger partial charge on any atom is -0.340 e. The van der Waals surface area contributed by atoms with Gasteiger partial charge in [-0.3, -0.25) is 9.69 Å². The number of hydrogen-bond acceptors (Lipinski definition) is 3. The molecule has 1 aliphatic heterocycles. The van der Waals surface area contributed by atoms with Gasteiger partial charge < -0.3 is 4.90 Å². The molecule has 2 aliphatic rings. The third kappa shape index (κ3) is 4.19. The van der Waals surface area contributed by atoms with Gasteiger partial charge in [-0.25, -0.2) is 4.68 Å². The third-order valence-corrected chi connectivity index (χ3v) is 7.17. The standard InChI is InChI=1S/C26H29ClN4O/c1-18-25(19(2)31(28-18)22-6-4-3-5-7-22)17-29-12-14-30(15-13-29)26(32)24-16-23(24)20-8-10-21(27)11-9-20/h3-11,23-24H,12-17H2,1-2H3. The van der Waals surface area contributed by atoms with E-state index in [4.69, 9.17) is 16.7 Å². The van der Waals surface area contributed by atoms with Crippen molar-refractivity contribution in [3.63, 3.8) is 0 Å². The topological polar surface area (TPSA) is 41.4 Å². The molecule has 1 saturated heterocycles. The average molecular weight is 449 g/mol. The maximum atomic E-state index is 13.0. The minimum absolute atomic E-state index is 0.135. The Morgan fingerprint density at radius 3 is 2.38 bits per heavy atom. The van der Waals surface area contributed by atoms with Gasteiger partial charge in [0.2, 0.25) is 5.91 Å². The van der Waals surface area contributed by atoms with Crippen LogP contribution in [0.2, 0.25) is 5.02 Å². The average Bonchev–Trinajstić information content (AvgIpc) is 3.57. The Morgan fingerprint density at radius 1 is 1.00 bits per heavy atom. The summed E-state index contributed by atoms with van der Waals surface area (Å²) < 4.78 is 2.04. The molecule has 5 rings (SSSR count). The summed E-state index contributed by atoms with van der Waals surface area (Å²) in [6.45, 7) is 8.52. The summed E-state index contributed by atoms with van der Waals surface area (Å²) in [6, 6.07) is 18.2. The molecule has 1 amide bonds. The molecule has 0 spiro atoms. The molecule has 5 nitrogen and oxygen atoms in total. The van der Waals surface area contributed by atoms with Gasteiger partial charge in [-0.2, -0.15) is 5.10 Å². The maximum Gasteiger partial charge on any atom is 0.226 e. The van der Waals surface area contributed by atoms with Crippen molar-refractivity contribution < 1.29 is 4.79 Å². The van der Waals surface area contributed by atoms with Crippen molar-refractivity contribution >= 4 is 17.5 Å². The van der Waals surface area contributed by atoms with E-state index in [2.05, 4.69) is 47.9 Å². The molecule has 3 aromatic rings. The summed E-state index contributed by atoms with van der Waals surface area (Å²) in [7, 11) is 0. The van der Waals surface area contributed by atoms with E-state index in [0.717, 1.165) is 55.5 Å². The number of amides is 1. The molecule has 166 valence electrons. The summed E-state index contributed by atoms with van der Waals surface area (Å²) in [5, 5.41) is 5.52. The first-order valence-electron chi connectivity index (χ1n) is 11.4. The number of nitrogens with zero attached hydrogens (tertiary/aromatic N) is 4. The van der Waals surface area contributed by atoms with E-state index in [1.165, 1.54) is 16.8 Å². The lowest BCUT2D eigenvalue weighted by Crippen LogP contribution is -2.49. The van der Waals surface area contributed by atoms with E-state index in [0.29, 0.717) is 11.8 Å². The van der Waals surface area contributed by atoms with Gasteiger partial charge in [-0.05, 0) is 56.0 Å². The molecule has 0 N–H and O–H groups in total.